The minimum atomic E-state index is -0.371. The summed E-state index contributed by atoms with van der Waals surface area (Å²) in [6.45, 7) is 4.64. The zero-order valence-electron chi connectivity index (χ0n) is 19.9. The van der Waals surface area contributed by atoms with Crippen molar-refractivity contribution >= 4 is 21.9 Å². The fraction of sp³-hybridized carbons (Fsp3) is 0.241. The van der Waals surface area contributed by atoms with Gasteiger partial charge < -0.3 is 14.3 Å². The molecule has 0 spiro atoms. The number of rotatable bonds is 5. The van der Waals surface area contributed by atoms with E-state index in [1.165, 1.54) is 5.56 Å². The summed E-state index contributed by atoms with van der Waals surface area (Å²) in [7, 11) is 0. The topological polar surface area (TPSA) is 64.1 Å². The highest BCUT2D eigenvalue weighted by atomic mass is 79.9. The van der Waals surface area contributed by atoms with E-state index in [2.05, 4.69) is 52.1 Å². The van der Waals surface area contributed by atoms with Gasteiger partial charge in [0.2, 0.25) is 0 Å². The van der Waals surface area contributed by atoms with E-state index in [4.69, 9.17) is 4.74 Å². The van der Waals surface area contributed by atoms with Crippen LogP contribution in [-0.4, -0.2) is 22.1 Å². The van der Waals surface area contributed by atoms with Crippen molar-refractivity contribution < 1.29 is 9.53 Å². The van der Waals surface area contributed by atoms with Crippen molar-refractivity contribution in [3.8, 4) is 22.5 Å². The molecule has 0 saturated heterocycles. The Kier molecular flexibility index (Phi) is 6.48. The Balaban J connectivity index is 1.74. The maximum atomic E-state index is 13.3. The molecule has 1 N–H and O–H groups in total. The summed E-state index contributed by atoms with van der Waals surface area (Å²) >= 11 is 3.73. The first-order chi connectivity index (χ1) is 17.0. The minimum absolute atomic E-state index is 0.139. The van der Waals surface area contributed by atoms with Crippen molar-refractivity contribution in [3.05, 3.63) is 103 Å². The van der Waals surface area contributed by atoms with Crippen LogP contribution < -0.4 is 5.56 Å². The lowest BCUT2D eigenvalue weighted by molar-refractivity contribution is 0.0513. The Bertz CT molecular complexity index is 1450. The van der Waals surface area contributed by atoms with Crippen molar-refractivity contribution in [3.63, 3.8) is 0 Å². The molecule has 0 atom stereocenters. The maximum absolute atomic E-state index is 13.3. The number of benzene rings is 2. The van der Waals surface area contributed by atoms with E-state index < -0.39 is 0 Å². The molecule has 0 unspecified atom stereocenters. The monoisotopic (exact) mass is 530 g/mol. The second-order valence-electron chi connectivity index (χ2n) is 8.91. The first-order valence-electron chi connectivity index (χ1n) is 11.9. The smallest absolute Gasteiger partial charge is 0.356 e. The first-order valence-corrected chi connectivity index (χ1v) is 12.7. The number of nitrogens with zero attached hydrogens (tertiary/aromatic N) is 1. The van der Waals surface area contributed by atoms with Gasteiger partial charge >= 0.3 is 5.97 Å². The molecule has 0 aliphatic heterocycles. The lowest BCUT2D eigenvalue weighted by Gasteiger charge is -2.16. The third-order valence-corrected chi connectivity index (χ3v) is 7.40. The van der Waals surface area contributed by atoms with E-state index in [-0.39, 0.29) is 11.5 Å². The number of esters is 1. The van der Waals surface area contributed by atoms with Gasteiger partial charge in [-0.1, -0.05) is 60.2 Å². The van der Waals surface area contributed by atoms with Gasteiger partial charge in [0.05, 0.1) is 22.5 Å². The highest BCUT2D eigenvalue weighted by Gasteiger charge is 2.31. The summed E-state index contributed by atoms with van der Waals surface area (Å²) < 4.78 is 8.20. The predicted octanol–water partition coefficient (Wildman–Crippen LogP) is 6.30. The maximum Gasteiger partial charge on any atom is 0.356 e. The van der Waals surface area contributed by atoms with Crippen LogP contribution in [0.1, 0.15) is 46.1 Å². The normalized spacial score (nSPS) is 12.5. The molecule has 5 rings (SSSR count). The van der Waals surface area contributed by atoms with Gasteiger partial charge in [-0.15, -0.1) is 0 Å². The molecule has 2 aromatic heterocycles. The highest BCUT2D eigenvalue weighted by molar-refractivity contribution is 9.10. The summed E-state index contributed by atoms with van der Waals surface area (Å²) in [6.07, 6.45) is 2.54. The number of carbonyl (C=O) groups is 1. The molecule has 178 valence electrons. The van der Waals surface area contributed by atoms with Crippen LogP contribution in [0.3, 0.4) is 0 Å². The summed E-state index contributed by atoms with van der Waals surface area (Å²) in [5.74, 6) is -0.371. The van der Waals surface area contributed by atoms with Crippen LogP contribution in [-0.2, 0) is 24.1 Å². The summed E-state index contributed by atoms with van der Waals surface area (Å²) in [4.78, 5) is 29.6. The molecule has 0 fully saturated rings. The lowest BCUT2D eigenvalue weighted by Crippen LogP contribution is -2.17. The molecule has 2 heterocycles. The van der Waals surface area contributed by atoms with Crippen LogP contribution >= 0.6 is 15.9 Å². The van der Waals surface area contributed by atoms with Gasteiger partial charge in [-0.3, -0.25) is 4.79 Å². The van der Waals surface area contributed by atoms with E-state index >= 15 is 0 Å². The molecule has 1 aliphatic carbocycles. The van der Waals surface area contributed by atoms with Crippen molar-refractivity contribution in [1.82, 2.24) is 9.55 Å². The number of ether oxygens (including phenoxy) is 1. The fourth-order valence-electron chi connectivity index (χ4n) is 4.86. The van der Waals surface area contributed by atoms with Gasteiger partial charge in [0.15, 0.2) is 0 Å². The second kappa shape index (κ2) is 9.70. The number of nitrogens with one attached hydrogen (secondary N) is 1. The Morgan fingerprint density at radius 3 is 2.54 bits per heavy atom. The zero-order chi connectivity index (χ0) is 24.5. The SMILES string of the molecule is CCOC(=O)c1c(Br)c2c(n1Cc1ccc(C)cc1)-c1[nH]c(=O)c(-c3ccccc3)cc1CCC2. The number of halogens is 1. The molecule has 6 heteroatoms. The minimum Gasteiger partial charge on any atom is -0.461 e. The number of pyridine rings is 1. The van der Waals surface area contributed by atoms with E-state index in [1.807, 2.05) is 47.9 Å². The predicted molar refractivity (Wildman–Crippen MR) is 142 cm³/mol. The van der Waals surface area contributed by atoms with Crippen LogP contribution in [0.15, 0.2) is 69.9 Å². The molecule has 1 aliphatic rings. The Hall–Kier alpha value is -3.38. The molecule has 0 radical (unpaired) electrons. The average molecular weight is 531 g/mol. The van der Waals surface area contributed by atoms with Gasteiger partial charge in [-0.05, 0) is 77.4 Å². The van der Waals surface area contributed by atoms with Crippen molar-refractivity contribution in [2.24, 2.45) is 0 Å². The van der Waals surface area contributed by atoms with Crippen LogP contribution in [0.25, 0.3) is 22.5 Å². The van der Waals surface area contributed by atoms with Crippen LogP contribution in [0.2, 0.25) is 0 Å². The van der Waals surface area contributed by atoms with E-state index in [1.54, 1.807) is 0 Å². The molecular formula is C29H27BrN2O3. The number of aromatic nitrogens is 2. The Labute approximate surface area is 212 Å². The van der Waals surface area contributed by atoms with E-state index in [9.17, 15) is 9.59 Å². The number of hydrogen-bond donors (Lipinski definition) is 1. The summed E-state index contributed by atoms with van der Waals surface area (Å²) in [5.41, 5.74) is 7.91. The fourth-order valence-corrected chi connectivity index (χ4v) is 5.62. The van der Waals surface area contributed by atoms with Crippen LogP contribution in [0.5, 0.6) is 0 Å². The van der Waals surface area contributed by atoms with Crippen molar-refractivity contribution in [2.75, 3.05) is 6.61 Å². The molecule has 2 aromatic carbocycles. The third-order valence-electron chi connectivity index (χ3n) is 6.55. The number of aryl methyl sites for hydroxylation is 2. The summed E-state index contributed by atoms with van der Waals surface area (Å²) in [5, 5.41) is 0. The van der Waals surface area contributed by atoms with Gasteiger partial charge in [0.25, 0.3) is 5.56 Å². The standard InChI is InChI=1S/C29H27BrN2O3/c1-3-35-29(34)27-24(30)22-11-7-10-21-16-23(20-8-5-4-6-9-20)28(33)31-25(21)26(22)32(27)17-19-14-12-18(2)13-15-19/h4-6,8-9,12-16H,3,7,10-11,17H2,1-2H3,(H,31,33). The van der Waals surface area contributed by atoms with Crippen LogP contribution in [0.4, 0.5) is 0 Å². The first kappa shape index (κ1) is 23.4. The van der Waals surface area contributed by atoms with Gasteiger partial charge in [0.1, 0.15) is 5.69 Å². The second-order valence-corrected chi connectivity index (χ2v) is 9.71. The molecule has 5 nitrogen and oxygen atoms in total. The molecule has 0 amide bonds. The Morgan fingerprint density at radius 2 is 1.83 bits per heavy atom. The zero-order valence-corrected chi connectivity index (χ0v) is 21.4. The summed E-state index contributed by atoms with van der Waals surface area (Å²) in [6, 6.07) is 20.0. The molecular weight excluding hydrogens is 504 g/mol. The molecule has 0 saturated carbocycles. The number of carbonyl (C=O) groups excluding carboxylic acids is 1. The number of aromatic amines is 1. The number of fused-ring (bicyclic) bond motifs is 3. The molecule has 4 aromatic rings. The van der Waals surface area contributed by atoms with Crippen LogP contribution in [0, 0.1) is 6.92 Å². The van der Waals surface area contributed by atoms with Gasteiger partial charge in [0, 0.05) is 12.1 Å². The molecule has 35 heavy (non-hydrogen) atoms. The lowest BCUT2D eigenvalue weighted by atomic mass is 10.0. The average Bonchev–Trinajstić information content (AvgIpc) is 2.99. The quantitative estimate of drug-likeness (QED) is 0.308. The largest absolute Gasteiger partial charge is 0.461 e. The van der Waals surface area contributed by atoms with Crippen molar-refractivity contribution in [1.29, 1.82) is 0 Å². The number of hydrogen-bond acceptors (Lipinski definition) is 3. The Morgan fingerprint density at radius 1 is 1.09 bits per heavy atom. The number of H-pyrrole nitrogens is 1. The highest BCUT2D eigenvalue weighted by Crippen LogP contribution is 2.40. The van der Waals surface area contributed by atoms with E-state index in [0.717, 1.165) is 57.4 Å². The van der Waals surface area contributed by atoms with E-state index in [0.29, 0.717) is 24.4 Å². The van der Waals surface area contributed by atoms with Gasteiger partial charge in [-0.25, -0.2) is 4.79 Å². The molecule has 0 bridgehead atoms. The third kappa shape index (κ3) is 4.39. The van der Waals surface area contributed by atoms with Gasteiger partial charge in [-0.2, -0.15) is 0 Å². The van der Waals surface area contributed by atoms with Crippen molar-refractivity contribution in [2.45, 2.75) is 39.7 Å².